The Balaban J connectivity index is 3.56. The molecule has 1 atom stereocenters. The summed E-state index contributed by atoms with van der Waals surface area (Å²) in [6.07, 6.45) is 3.67. The fraction of sp³-hybridized carbons (Fsp3) is 0.667. The summed E-state index contributed by atoms with van der Waals surface area (Å²) < 4.78 is 5.39. The number of rotatable bonds is 5. The third-order valence-corrected chi connectivity index (χ3v) is 1.23. The molecule has 1 unspecified atom stereocenters. The predicted octanol–water partition coefficient (Wildman–Crippen LogP) is 1.83. The maximum absolute atomic E-state index is 10.1. The molecule has 0 heterocycles. The van der Waals surface area contributed by atoms with E-state index in [1.165, 1.54) is 0 Å². The summed E-state index contributed by atoms with van der Waals surface area (Å²) in [5.41, 5.74) is 0. The third-order valence-electron chi connectivity index (χ3n) is 1.23. The van der Waals surface area contributed by atoms with Crippen molar-refractivity contribution in [3.8, 4) is 0 Å². The average molecular weight is 172 g/mol. The Morgan fingerprint density at radius 2 is 2.08 bits per heavy atom. The largest absolute Gasteiger partial charge is 0.478 e. The minimum atomic E-state index is -0.910. The number of aliphatic carboxylic acids is 1. The van der Waals surface area contributed by atoms with Gasteiger partial charge >= 0.3 is 5.97 Å². The molecule has 0 aliphatic heterocycles. The highest BCUT2D eigenvalue weighted by Crippen LogP contribution is 2.02. The lowest BCUT2D eigenvalue weighted by Crippen LogP contribution is -2.13. The summed E-state index contributed by atoms with van der Waals surface area (Å²) in [5, 5.41) is 8.28. The van der Waals surface area contributed by atoms with Crippen LogP contribution >= 0.6 is 0 Å². The molecule has 0 aliphatic rings. The molecule has 0 bridgehead atoms. The monoisotopic (exact) mass is 172 g/mol. The van der Waals surface area contributed by atoms with Crippen LogP contribution in [0.5, 0.6) is 0 Å². The van der Waals surface area contributed by atoms with E-state index in [-0.39, 0.29) is 12.2 Å². The molecule has 0 amide bonds. The molecule has 1 N–H and O–H groups in total. The summed E-state index contributed by atoms with van der Waals surface area (Å²) in [6, 6.07) is 0. The highest BCUT2D eigenvalue weighted by atomic mass is 16.5. The van der Waals surface area contributed by atoms with Crippen molar-refractivity contribution in [3.63, 3.8) is 0 Å². The van der Waals surface area contributed by atoms with Crippen molar-refractivity contribution in [2.45, 2.75) is 39.4 Å². The van der Waals surface area contributed by atoms with Crippen LogP contribution in [-0.4, -0.2) is 23.3 Å². The molecule has 0 aromatic carbocycles. The summed E-state index contributed by atoms with van der Waals surface area (Å²) in [7, 11) is 0. The van der Waals surface area contributed by atoms with Crippen molar-refractivity contribution in [2.75, 3.05) is 0 Å². The van der Waals surface area contributed by atoms with Crippen molar-refractivity contribution in [1.82, 2.24) is 0 Å². The Labute approximate surface area is 73.0 Å². The van der Waals surface area contributed by atoms with E-state index in [4.69, 9.17) is 9.84 Å². The molecule has 0 aromatic heterocycles. The van der Waals surface area contributed by atoms with Gasteiger partial charge in [0.25, 0.3) is 0 Å². The Morgan fingerprint density at radius 1 is 1.50 bits per heavy atom. The van der Waals surface area contributed by atoms with Crippen molar-refractivity contribution in [2.24, 2.45) is 0 Å². The lowest BCUT2D eigenvalue weighted by molar-refractivity contribution is -0.131. The van der Waals surface area contributed by atoms with Crippen molar-refractivity contribution >= 4 is 5.97 Å². The van der Waals surface area contributed by atoms with Crippen LogP contribution < -0.4 is 0 Å². The van der Waals surface area contributed by atoms with Gasteiger partial charge in [0.2, 0.25) is 0 Å². The summed E-state index contributed by atoms with van der Waals surface area (Å²) >= 11 is 0. The predicted molar refractivity (Wildman–Crippen MR) is 47.1 cm³/mol. The molecule has 0 saturated heterocycles. The van der Waals surface area contributed by atoms with E-state index in [1.807, 2.05) is 20.8 Å². The first kappa shape index (κ1) is 11.2. The highest BCUT2D eigenvalue weighted by molar-refractivity contribution is 5.79. The molecule has 0 radical (unpaired) electrons. The van der Waals surface area contributed by atoms with Crippen LogP contribution in [0, 0.1) is 0 Å². The number of ether oxygens (including phenoxy) is 1. The van der Waals surface area contributed by atoms with Gasteiger partial charge in [-0.1, -0.05) is 6.08 Å². The van der Waals surface area contributed by atoms with Gasteiger partial charge in [-0.2, -0.15) is 0 Å². The fourth-order valence-corrected chi connectivity index (χ4v) is 0.881. The van der Waals surface area contributed by atoms with Crippen LogP contribution in [0.3, 0.4) is 0 Å². The zero-order valence-electron chi connectivity index (χ0n) is 7.78. The zero-order chi connectivity index (χ0) is 9.56. The van der Waals surface area contributed by atoms with E-state index >= 15 is 0 Å². The third kappa shape index (κ3) is 7.28. The summed E-state index contributed by atoms with van der Waals surface area (Å²) in [5.74, 6) is -0.910. The molecule has 0 saturated carbocycles. The van der Waals surface area contributed by atoms with Gasteiger partial charge in [-0.25, -0.2) is 4.79 Å². The Kier molecular flexibility index (Phi) is 5.37. The zero-order valence-corrected chi connectivity index (χ0v) is 7.78. The van der Waals surface area contributed by atoms with Gasteiger partial charge in [-0.05, 0) is 27.2 Å². The number of carboxylic acid groups (broad SMARTS) is 1. The van der Waals surface area contributed by atoms with Gasteiger partial charge < -0.3 is 9.84 Å². The van der Waals surface area contributed by atoms with Crippen molar-refractivity contribution < 1.29 is 14.6 Å². The van der Waals surface area contributed by atoms with Crippen LogP contribution in [-0.2, 0) is 9.53 Å². The topological polar surface area (TPSA) is 46.5 Å². The van der Waals surface area contributed by atoms with Crippen molar-refractivity contribution in [1.29, 1.82) is 0 Å². The fourth-order valence-electron chi connectivity index (χ4n) is 0.881. The smallest absolute Gasteiger partial charge is 0.327 e. The average Bonchev–Trinajstić information content (AvgIpc) is 1.84. The molecule has 12 heavy (non-hydrogen) atoms. The van der Waals surface area contributed by atoms with Crippen LogP contribution in [0.2, 0.25) is 0 Å². The molecule has 3 heteroatoms. The van der Waals surface area contributed by atoms with Crippen molar-refractivity contribution in [3.05, 3.63) is 12.2 Å². The van der Waals surface area contributed by atoms with E-state index in [0.29, 0.717) is 6.42 Å². The first-order valence-electron chi connectivity index (χ1n) is 4.07. The van der Waals surface area contributed by atoms with Gasteiger partial charge in [0.15, 0.2) is 0 Å². The van der Waals surface area contributed by atoms with Crippen LogP contribution in [0.4, 0.5) is 0 Å². The summed E-state index contributed by atoms with van der Waals surface area (Å²) in [6.45, 7) is 5.83. The number of carboxylic acids is 1. The SMILES string of the molecule is CC(C)OC(C)C/C=C/C(=O)O. The van der Waals surface area contributed by atoms with Gasteiger partial charge in [-0.15, -0.1) is 0 Å². The molecule has 3 nitrogen and oxygen atoms in total. The normalized spacial score (nSPS) is 14.0. The number of carbonyl (C=O) groups is 1. The minimum Gasteiger partial charge on any atom is -0.478 e. The quantitative estimate of drug-likeness (QED) is 0.643. The number of hydrogen-bond acceptors (Lipinski definition) is 2. The first-order chi connectivity index (χ1) is 5.52. The molecule has 0 aliphatic carbocycles. The standard InChI is InChI=1S/C9H16O3/c1-7(2)12-8(3)5-4-6-9(10)11/h4,6-8H,5H2,1-3H3,(H,10,11)/b6-4+. The van der Waals surface area contributed by atoms with Crippen LogP contribution in [0.1, 0.15) is 27.2 Å². The van der Waals surface area contributed by atoms with E-state index < -0.39 is 5.97 Å². The second-order valence-electron chi connectivity index (χ2n) is 2.97. The molecular formula is C9H16O3. The Bertz CT molecular complexity index is 161. The minimum absolute atomic E-state index is 0.0839. The second kappa shape index (κ2) is 5.77. The number of hydrogen-bond donors (Lipinski definition) is 1. The molecular weight excluding hydrogens is 156 g/mol. The molecule has 0 spiro atoms. The van der Waals surface area contributed by atoms with E-state index in [2.05, 4.69) is 0 Å². The Hall–Kier alpha value is -0.830. The lowest BCUT2D eigenvalue weighted by Gasteiger charge is -2.13. The lowest BCUT2D eigenvalue weighted by atomic mass is 10.2. The second-order valence-corrected chi connectivity index (χ2v) is 2.97. The van der Waals surface area contributed by atoms with E-state index in [1.54, 1.807) is 6.08 Å². The Morgan fingerprint density at radius 3 is 2.50 bits per heavy atom. The van der Waals surface area contributed by atoms with Gasteiger partial charge in [0.1, 0.15) is 0 Å². The van der Waals surface area contributed by atoms with Gasteiger partial charge in [0.05, 0.1) is 12.2 Å². The van der Waals surface area contributed by atoms with Gasteiger partial charge in [0, 0.05) is 6.08 Å². The van der Waals surface area contributed by atoms with E-state index in [0.717, 1.165) is 6.08 Å². The van der Waals surface area contributed by atoms with Gasteiger partial charge in [-0.3, -0.25) is 0 Å². The highest BCUT2D eigenvalue weighted by Gasteiger charge is 2.01. The van der Waals surface area contributed by atoms with E-state index in [9.17, 15) is 4.79 Å². The molecule has 70 valence electrons. The van der Waals surface area contributed by atoms with Crippen LogP contribution in [0.15, 0.2) is 12.2 Å². The van der Waals surface area contributed by atoms with Crippen LogP contribution in [0.25, 0.3) is 0 Å². The molecule has 0 rings (SSSR count). The maximum atomic E-state index is 10.1. The first-order valence-corrected chi connectivity index (χ1v) is 4.07. The maximum Gasteiger partial charge on any atom is 0.327 e. The summed E-state index contributed by atoms with van der Waals surface area (Å²) in [4.78, 5) is 10.1. The molecule has 0 fully saturated rings. The molecule has 0 aromatic rings.